The molecule has 4 rings (SSSR count). The number of likely N-dealkylation sites (tertiary alicyclic amines) is 1. The highest BCUT2D eigenvalue weighted by Gasteiger charge is 2.27. The molecule has 4 heterocycles. The molecule has 0 atom stereocenters. The third-order valence-electron chi connectivity index (χ3n) is 5.22. The SMILES string of the molecule is CCc1cn[nH]c1C1CCN(C(=O)c2cn3cccc(C)c3n2)CC1. The second-order valence-corrected chi connectivity index (χ2v) is 6.78. The predicted octanol–water partition coefficient (Wildman–Crippen LogP) is 2.95. The fourth-order valence-electron chi connectivity index (χ4n) is 3.75. The average Bonchev–Trinajstić information content (AvgIpc) is 3.28. The van der Waals surface area contributed by atoms with Crippen molar-refractivity contribution in [3.63, 3.8) is 0 Å². The van der Waals surface area contributed by atoms with Crippen LogP contribution in [0.3, 0.4) is 0 Å². The highest BCUT2D eigenvalue weighted by Crippen LogP contribution is 2.29. The summed E-state index contributed by atoms with van der Waals surface area (Å²) in [4.78, 5) is 19.3. The number of aryl methyl sites for hydroxylation is 2. The largest absolute Gasteiger partial charge is 0.337 e. The number of amides is 1. The van der Waals surface area contributed by atoms with Gasteiger partial charge in [-0.3, -0.25) is 9.89 Å². The van der Waals surface area contributed by atoms with Crippen molar-refractivity contribution in [2.24, 2.45) is 0 Å². The van der Waals surface area contributed by atoms with Crippen molar-refractivity contribution in [3.8, 4) is 0 Å². The summed E-state index contributed by atoms with van der Waals surface area (Å²) in [5, 5.41) is 7.34. The summed E-state index contributed by atoms with van der Waals surface area (Å²) in [6.45, 7) is 5.69. The van der Waals surface area contributed by atoms with Gasteiger partial charge in [-0.1, -0.05) is 13.0 Å². The van der Waals surface area contributed by atoms with E-state index in [-0.39, 0.29) is 5.91 Å². The molecule has 0 unspecified atom stereocenters. The molecule has 0 bridgehead atoms. The maximum Gasteiger partial charge on any atom is 0.274 e. The zero-order chi connectivity index (χ0) is 17.4. The first kappa shape index (κ1) is 15.9. The fraction of sp³-hybridized carbons (Fsp3) is 0.421. The van der Waals surface area contributed by atoms with Crippen LogP contribution in [-0.2, 0) is 6.42 Å². The molecular formula is C19H23N5O. The van der Waals surface area contributed by atoms with Gasteiger partial charge in [-0.05, 0) is 43.4 Å². The van der Waals surface area contributed by atoms with E-state index in [1.54, 1.807) is 0 Å². The van der Waals surface area contributed by atoms with E-state index in [1.807, 2.05) is 46.9 Å². The van der Waals surface area contributed by atoms with Crippen LogP contribution in [-0.4, -0.2) is 43.5 Å². The van der Waals surface area contributed by atoms with Gasteiger partial charge in [0, 0.05) is 37.1 Å². The molecule has 0 spiro atoms. The number of pyridine rings is 1. The minimum absolute atomic E-state index is 0.0295. The normalized spacial score (nSPS) is 15.8. The van der Waals surface area contributed by atoms with Crippen LogP contribution in [0.5, 0.6) is 0 Å². The molecule has 25 heavy (non-hydrogen) atoms. The molecular weight excluding hydrogens is 314 g/mol. The highest BCUT2D eigenvalue weighted by molar-refractivity contribution is 5.93. The van der Waals surface area contributed by atoms with E-state index in [0.717, 1.165) is 43.6 Å². The Labute approximate surface area is 146 Å². The molecule has 1 aliphatic heterocycles. The zero-order valence-electron chi connectivity index (χ0n) is 14.7. The van der Waals surface area contributed by atoms with Crippen LogP contribution in [0.4, 0.5) is 0 Å². The average molecular weight is 337 g/mol. The van der Waals surface area contributed by atoms with Crippen molar-refractivity contribution in [3.05, 3.63) is 53.2 Å². The van der Waals surface area contributed by atoms with Crippen LogP contribution in [0, 0.1) is 6.92 Å². The minimum Gasteiger partial charge on any atom is -0.337 e. The number of hydrogen-bond acceptors (Lipinski definition) is 3. The molecule has 1 aliphatic rings. The monoisotopic (exact) mass is 337 g/mol. The van der Waals surface area contributed by atoms with Crippen molar-refractivity contribution < 1.29 is 4.79 Å². The summed E-state index contributed by atoms with van der Waals surface area (Å²) >= 11 is 0. The molecule has 0 saturated carbocycles. The lowest BCUT2D eigenvalue weighted by atomic mass is 9.91. The Morgan fingerprint density at radius 2 is 2.16 bits per heavy atom. The summed E-state index contributed by atoms with van der Waals surface area (Å²) in [5.41, 5.74) is 5.00. The third kappa shape index (κ3) is 2.81. The van der Waals surface area contributed by atoms with E-state index in [1.165, 1.54) is 11.3 Å². The van der Waals surface area contributed by atoms with Gasteiger partial charge in [-0.2, -0.15) is 5.10 Å². The van der Waals surface area contributed by atoms with Gasteiger partial charge in [0.2, 0.25) is 0 Å². The highest BCUT2D eigenvalue weighted by atomic mass is 16.2. The topological polar surface area (TPSA) is 66.3 Å². The fourth-order valence-corrected chi connectivity index (χ4v) is 3.75. The van der Waals surface area contributed by atoms with Crippen LogP contribution in [0.2, 0.25) is 0 Å². The van der Waals surface area contributed by atoms with Crippen LogP contribution < -0.4 is 0 Å². The van der Waals surface area contributed by atoms with Crippen molar-refractivity contribution in [2.45, 2.75) is 39.0 Å². The van der Waals surface area contributed by atoms with Gasteiger partial charge in [0.15, 0.2) is 0 Å². The number of H-pyrrole nitrogens is 1. The number of carbonyl (C=O) groups is 1. The van der Waals surface area contributed by atoms with E-state index in [0.29, 0.717) is 11.6 Å². The Morgan fingerprint density at radius 3 is 2.88 bits per heavy atom. The molecule has 3 aromatic heterocycles. The van der Waals surface area contributed by atoms with Gasteiger partial charge >= 0.3 is 0 Å². The molecule has 1 saturated heterocycles. The molecule has 130 valence electrons. The maximum absolute atomic E-state index is 12.8. The standard InChI is InChI=1S/C19H23N5O/c1-3-14-11-20-22-17(14)15-6-9-23(10-7-15)19(25)16-12-24-8-4-5-13(2)18(24)21-16/h4-5,8,11-12,15H,3,6-7,9-10H2,1-2H3,(H,20,22). The molecule has 0 aliphatic carbocycles. The van der Waals surface area contributed by atoms with E-state index < -0.39 is 0 Å². The number of imidazole rings is 1. The van der Waals surface area contributed by atoms with E-state index >= 15 is 0 Å². The number of fused-ring (bicyclic) bond motifs is 1. The first-order valence-electron chi connectivity index (χ1n) is 8.93. The van der Waals surface area contributed by atoms with Crippen LogP contribution in [0.1, 0.15) is 53.0 Å². The van der Waals surface area contributed by atoms with Gasteiger partial charge < -0.3 is 9.30 Å². The van der Waals surface area contributed by atoms with Gasteiger partial charge in [0.25, 0.3) is 5.91 Å². The third-order valence-corrected chi connectivity index (χ3v) is 5.22. The lowest BCUT2D eigenvalue weighted by Gasteiger charge is -2.31. The molecule has 0 aromatic carbocycles. The predicted molar refractivity (Wildman–Crippen MR) is 95.8 cm³/mol. The number of aromatic amines is 1. The smallest absolute Gasteiger partial charge is 0.274 e. The van der Waals surface area contributed by atoms with Gasteiger partial charge in [-0.25, -0.2) is 4.98 Å². The van der Waals surface area contributed by atoms with Crippen molar-refractivity contribution in [2.75, 3.05) is 13.1 Å². The quantitative estimate of drug-likeness (QED) is 0.799. The number of hydrogen-bond donors (Lipinski definition) is 1. The molecule has 6 nitrogen and oxygen atoms in total. The minimum atomic E-state index is 0.0295. The molecule has 6 heteroatoms. The van der Waals surface area contributed by atoms with Crippen LogP contribution in [0.15, 0.2) is 30.7 Å². The Hall–Kier alpha value is -2.63. The molecule has 1 fully saturated rings. The Morgan fingerprint density at radius 1 is 1.36 bits per heavy atom. The van der Waals surface area contributed by atoms with Crippen LogP contribution >= 0.6 is 0 Å². The van der Waals surface area contributed by atoms with Crippen LogP contribution in [0.25, 0.3) is 5.65 Å². The number of aromatic nitrogens is 4. The second kappa shape index (κ2) is 6.35. The number of carbonyl (C=O) groups excluding carboxylic acids is 1. The van der Waals surface area contributed by atoms with Crippen molar-refractivity contribution >= 4 is 11.6 Å². The van der Waals surface area contributed by atoms with E-state index in [9.17, 15) is 4.79 Å². The van der Waals surface area contributed by atoms with E-state index in [4.69, 9.17) is 0 Å². The first-order valence-corrected chi connectivity index (χ1v) is 8.93. The Kier molecular flexibility index (Phi) is 4.03. The maximum atomic E-state index is 12.8. The summed E-state index contributed by atoms with van der Waals surface area (Å²) in [6.07, 6.45) is 8.61. The van der Waals surface area contributed by atoms with Gasteiger partial charge in [0.1, 0.15) is 11.3 Å². The Balaban J connectivity index is 1.48. The Bertz CT molecular complexity index is 902. The number of nitrogens with one attached hydrogen (secondary N) is 1. The van der Waals surface area contributed by atoms with Gasteiger partial charge in [0.05, 0.1) is 6.20 Å². The van der Waals surface area contributed by atoms with Crippen molar-refractivity contribution in [1.29, 1.82) is 0 Å². The second-order valence-electron chi connectivity index (χ2n) is 6.78. The number of rotatable bonds is 3. The first-order chi connectivity index (χ1) is 12.2. The summed E-state index contributed by atoms with van der Waals surface area (Å²) in [6, 6.07) is 3.98. The molecule has 0 radical (unpaired) electrons. The summed E-state index contributed by atoms with van der Waals surface area (Å²) < 4.78 is 1.92. The van der Waals surface area contributed by atoms with Gasteiger partial charge in [-0.15, -0.1) is 0 Å². The summed E-state index contributed by atoms with van der Waals surface area (Å²) in [5.74, 6) is 0.492. The van der Waals surface area contributed by atoms with E-state index in [2.05, 4.69) is 22.1 Å². The lowest BCUT2D eigenvalue weighted by Crippen LogP contribution is -2.38. The number of piperidine rings is 1. The van der Waals surface area contributed by atoms with Crippen molar-refractivity contribution in [1.82, 2.24) is 24.5 Å². The summed E-state index contributed by atoms with van der Waals surface area (Å²) in [7, 11) is 0. The number of nitrogens with zero attached hydrogens (tertiary/aromatic N) is 4. The molecule has 1 N–H and O–H groups in total. The molecule has 3 aromatic rings. The lowest BCUT2D eigenvalue weighted by molar-refractivity contribution is 0.0706. The molecule has 1 amide bonds. The zero-order valence-corrected chi connectivity index (χ0v) is 14.7.